The van der Waals surface area contributed by atoms with E-state index in [0.29, 0.717) is 4.48 Å². The molecule has 0 bridgehead atoms. The summed E-state index contributed by atoms with van der Waals surface area (Å²) >= 11 is 9.15. The van der Waals surface area contributed by atoms with Crippen LogP contribution in [0.2, 0.25) is 0 Å². The SMILES string of the molecule is CC1=CC(Br)=C(O)C1(C)Cl. The summed E-state index contributed by atoms with van der Waals surface area (Å²) < 4.78 is 0.683. The maximum Gasteiger partial charge on any atom is 0.131 e. The van der Waals surface area contributed by atoms with Gasteiger partial charge in [-0.3, -0.25) is 0 Å². The van der Waals surface area contributed by atoms with E-state index < -0.39 is 4.87 Å². The molecular weight excluding hydrogens is 215 g/mol. The van der Waals surface area contributed by atoms with Crippen LogP contribution in [0.1, 0.15) is 13.8 Å². The molecule has 0 heterocycles. The first-order valence-electron chi connectivity index (χ1n) is 2.93. The molecule has 56 valence electrons. The zero-order valence-electron chi connectivity index (χ0n) is 5.78. The van der Waals surface area contributed by atoms with Crippen LogP contribution >= 0.6 is 27.5 Å². The molecule has 1 nitrogen and oxygen atoms in total. The second kappa shape index (κ2) is 2.28. The fourth-order valence-electron chi connectivity index (χ4n) is 0.805. The Morgan fingerprint density at radius 2 is 2.20 bits per heavy atom. The number of aliphatic hydroxyl groups excluding tert-OH is 1. The lowest BCUT2D eigenvalue weighted by Gasteiger charge is -2.17. The molecule has 0 aromatic carbocycles. The third kappa shape index (κ3) is 0.995. The summed E-state index contributed by atoms with van der Waals surface area (Å²) in [5.74, 6) is 0.201. The monoisotopic (exact) mass is 222 g/mol. The second-order valence-corrected chi connectivity index (χ2v) is 4.14. The van der Waals surface area contributed by atoms with Crippen LogP contribution in [-0.4, -0.2) is 9.98 Å². The Labute approximate surface area is 73.5 Å². The summed E-state index contributed by atoms with van der Waals surface area (Å²) in [5, 5.41) is 9.34. The minimum absolute atomic E-state index is 0.201. The Kier molecular flexibility index (Phi) is 1.86. The molecule has 0 saturated heterocycles. The number of hydrogen-bond donors (Lipinski definition) is 1. The molecule has 0 saturated carbocycles. The lowest BCUT2D eigenvalue weighted by atomic mass is 10.1. The van der Waals surface area contributed by atoms with Gasteiger partial charge in [0.15, 0.2) is 0 Å². The maximum absolute atomic E-state index is 9.34. The molecular formula is C7H8BrClO. The molecule has 1 atom stereocenters. The molecule has 1 N–H and O–H groups in total. The number of halogens is 2. The van der Waals surface area contributed by atoms with Crippen molar-refractivity contribution >= 4 is 27.5 Å². The van der Waals surface area contributed by atoms with E-state index in [1.807, 2.05) is 13.0 Å². The summed E-state index contributed by atoms with van der Waals surface area (Å²) in [6.45, 7) is 3.65. The number of alkyl halides is 1. The van der Waals surface area contributed by atoms with Crippen LogP contribution in [0.25, 0.3) is 0 Å². The van der Waals surface area contributed by atoms with Gasteiger partial charge < -0.3 is 5.11 Å². The minimum Gasteiger partial charge on any atom is -0.509 e. The average Bonchev–Trinajstić information content (AvgIpc) is 1.97. The Morgan fingerprint density at radius 1 is 1.70 bits per heavy atom. The van der Waals surface area contributed by atoms with Crippen LogP contribution in [0, 0.1) is 0 Å². The second-order valence-electron chi connectivity index (χ2n) is 2.53. The zero-order valence-corrected chi connectivity index (χ0v) is 8.12. The van der Waals surface area contributed by atoms with E-state index in [1.54, 1.807) is 6.92 Å². The van der Waals surface area contributed by atoms with E-state index in [-0.39, 0.29) is 5.76 Å². The van der Waals surface area contributed by atoms with E-state index >= 15 is 0 Å². The summed E-state index contributed by atoms with van der Waals surface area (Å²) in [5.41, 5.74) is 0.957. The van der Waals surface area contributed by atoms with Gasteiger partial charge in [-0.25, -0.2) is 0 Å². The van der Waals surface area contributed by atoms with E-state index in [4.69, 9.17) is 11.6 Å². The molecule has 0 spiro atoms. The Balaban J connectivity index is 3.11. The van der Waals surface area contributed by atoms with Crippen molar-refractivity contribution in [2.45, 2.75) is 18.7 Å². The van der Waals surface area contributed by atoms with Crippen molar-refractivity contribution in [3.63, 3.8) is 0 Å². The average molecular weight is 223 g/mol. The normalized spacial score (nSPS) is 33.0. The van der Waals surface area contributed by atoms with Gasteiger partial charge in [-0.15, -0.1) is 11.6 Å². The molecule has 1 unspecified atom stereocenters. The Bertz CT molecular complexity index is 228. The van der Waals surface area contributed by atoms with Gasteiger partial charge in [-0.05, 0) is 41.4 Å². The highest BCUT2D eigenvalue weighted by Crippen LogP contribution is 2.40. The van der Waals surface area contributed by atoms with Crippen molar-refractivity contribution in [2.75, 3.05) is 0 Å². The van der Waals surface area contributed by atoms with E-state index in [2.05, 4.69) is 15.9 Å². The lowest BCUT2D eigenvalue weighted by Crippen LogP contribution is -2.17. The van der Waals surface area contributed by atoms with Crippen molar-refractivity contribution in [2.24, 2.45) is 0 Å². The summed E-state index contributed by atoms with van der Waals surface area (Å²) in [6.07, 6.45) is 1.82. The van der Waals surface area contributed by atoms with Crippen LogP contribution in [0.4, 0.5) is 0 Å². The number of hydrogen-bond acceptors (Lipinski definition) is 1. The molecule has 0 amide bonds. The highest BCUT2D eigenvalue weighted by Gasteiger charge is 2.34. The van der Waals surface area contributed by atoms with Crippen LogP contribution in [-0.2, 0) is 0 Å². The molecule has 0 aliphatic heterocycles. The van der Waals surface area contributed by atoms with Crippen LogP contribution in [0.5, 0.6) is 0 Å². The molecule has 1 aliphatic rings. The summed E-state index contributed by atoms with van der Waals surface area (Å²) in [7, 11) is 0. The fraction of sp³-hybridized carbons (Fsp3) is 0.429. The van der Waals surface area contributed by atoms with E-state index in [1.165, 1.54) is 0 Å². The smallest absolute Gasteiger partial charge is 0.131 e. The van der Waals surface area contributed by atoms with Crippen LogP contribution < -0.4 is 0 Å². The van der Waals surface area contributed by atoms with Crippen molar-refractivity contribution in [3.8, 4) is 0 Å². The molecule has 1 aliphatic carbocycles. The van der Waals surface area contributed by atoms with Gasteiger partial charge >= 0.3 is 0 Å². The molecule has 3 heteroatoms. The predicted molar refractivity (Wildman–Crippen MR) is 46.6 cm³/mol. The number of allylic oxidation sites excluding steroid dienone is 3. The highest BCUT2D eigenvalue weighted by molar-refractivity contribution is 9.11. The number of rotatable bonds is 0. The molecule has 0 radical (unpaired) electrons. The van der Waals surface area contributed by atoms with Gasteiger partial charge in [0.25, 0.3) is 0 Å². The van der Waals surface area contributed by atoms with Gasteiger partial charge in [-0.1, -0.05) is 0 Å². The quantitative estimate of drug-likeness (QED) is 0.626. The lowest BCUT2D eigenvalue weighted by molar-refractivity contribution is 0.374. The third-order valence-electron chi connectivity index (χ3n) is 1.75. The first-order chi connectivity index (χ1) is 4.46. The predicted octanol–water partition coefficient (Wildman–Crippen LogP) is 3.11. The van der Waals surface area contributed by atoms with Crippen LogP contribution in [0.15, 0.2) is 21.9 Å². The minimum atomic E-state index is -0.696. The van der Waals surface area contributed by atoms with Gasteiger partial charge in [0.2, 0.25) is 0 Å². The van der Waals surface area contributed by atoms with Gasteiger partial charge in [-0.2, -0.15) is 0 Å². The van der Waals surface area contributed by atoms with Gasteiger partial charge in [0.1, 0.15) is 10.6 Å². The van der Waals surface area contributed by atoms with Gasteiger partial charge in [0.05, 0.1) is 4.48 Å². The molecule has 0 aromatic heterocycles. The van der Waals surface area contributed by atoms with Crippen molar-refractivity contribution in [3.05, 3.63) is 21.9 Å². The first kappa shape index (κ1) is 8.15. The van der Waals surface area contributed by atoms with E-state index in [0.717, 1.165) is 5.57 Å². The summed E-state index contributed by atoms with van der Waals surface area (Å²) in [6, 6.07) is 0. The van der Waals surface area contributed by atoms with Crippen LogP contribution in [0.3, 0.4) is 0 Å². The highest BCUT2D eigenvalue weighted by atomic mass is 79.9. The standard InChI is InChI=1S/C7H8BrClO/c1-4-3-5(8)6(10)7(4,2)9/h3,10H,1-2H3. The maximum atomic E-state index is 9.34. The van der Waals surface area contributed by atoms with E-state index in [9.17, 15) is 5.11 Å². The number of aliphatic hydroxyl groups is 1. The Morgan fingerprint density at radius 3 is 2.30 bits per heavy atom. The van der Waals surface area contributed by atoms with Crippen molar-refractivity contribution < 1.29 is 5.11 Å². The first-order valence-corrected chi connectivity index (χ1v) is 4.10. The summed E-state index contributed by atoms with van der Waals surface area (Å²) in [4.78, 5) is -0.696. The largest absolute Gasteiger partial charge is 0.509 e. The van der Waals surface area contributed by atoms with Crippen molar-refractivity contribution in [1.82, 2.24) is 0 Å². The third-order valence-corrected chi connectivity index (χ3v) is 2.84. The van der Waals surface area contributed by atoms with Gasteiger partial charge in [0, 0.05) is 0 Å². The zero-order chi connectivity index (χ0) is 7.94. The topological polar surface area (TPSA) is 20.2 Å². The molecule has 10 heavy (non-hydrogen) atoms. The molecule has 0 fully saturated rings. The Hall–Kier alpha value is 0.0500. The molecule has 1 rings (SSSR count). The van der Waals surface area contributed by atoms with Crippen molar-refractivity contribution in [1.29, 1.82) is 0 Å². The fourth-order valence-corrected chi connectivity index (χ4v) is 1.82. The molecule has 0 aromatic rings.